The highest BCUT2D eigenvalue weighted by atomic mass is 35.5. The number of amides is 2. The summed E-state index contributed by atoms with van der Waals surface area (Å²) in [5.74, 6) is 0.272. The second-order valence-corrected chi connectivity index (χ2v) is 11.6. The minimum atomic E-state index is -0.614. The molecule has 39 heavy (non-hydrogen) atoms. The van der Waals surface area contributed by atoms with Gasteiger partial charge < -0.3 is 29.4 Å². The number of piperazine rings is 1. The van der Waals surface area contributed by atoms with Gasteiger partial charge in [-0.25, -0.2) is 9.59 Å². The van der Waals surface area contributed by atoms with Crippen molar-refractivity contribution in [2.75, 3.05) is 25.0 Å². The van der Waals surface area contributed by atoms with Gasteiger partial charge in [0.2, 0.25) is 5.89 Å². The minimum Gasteiger partial charge on any atom is -0.447 e. The highest BCUT2D eigenvalue weighted by Gasteiger charge is 2.29. The van der Waals surface area contributed by atoms with Crippen LogP contribution in [0.2, 0.25) is 5.02 Å². The third kappa shape index (κ3) is 8.72. The van der Waals surface area contributed by atoms with Crippen LogP contribution < -0.4 is 10.6 Å². The highest BCUT2D eigenvalue weighted by molar-refractivity contribution is 6.31. The van der Waals surface area contributed by atoms with Gasteiger partial charge in [-0.3, -0.25) is 4.90 Å². The van der Waals surface area contributed by atoms with Gasteiger partial charge in [-0.15, -0.1) is 5.10 Å². The van der Waals surface area contributed by atoms with Crippen molar-refractivity contribution in [2.24, 2.45) is 0 Å². The summed E-state index contributed by atoms with van der Waals surface area (Å²) in [4.78, 5) is 28.7. The molecule has 2 atom stereocenters. The number of nitrogens with zero attached hydrogens (tertiary/aromatic N) is 4. The molecule has 2 N–H and O–H groups in total. The minimum absolute atomic E-state index is 0.0275. The van der Waals surface area contributed by atoms with E-state index in [0.717, 1.165) is 29.9 Å². The van der Waals surface area contributed by atoms with Crippen molar-refractivity contribution in [2.45, 2.75) is 92.1 Å². The van der Waals surface area contributed by atoms with Crippen LogP contribution >= 0.6 is 11.6 Å². The Bertz CT molecular complexity index is 1150. The number of benzene rings is 1. The zero-order valence-electron chi connectivity index (χ0n) is 24.1. The first kappa shape index (κ1) is 30.5. The summed E-state index contributed by atoms with van der Waals surface area (Å²) in [5.41, 5.74) is 2.17. The predicted octanol–water partition coefficient (Wildman–Crippen LogP) is 5.80. The summed E-state index contributed by atoms with van der Waals surface area (Å²) in [6.07, 6.45) is -0.425. The van der Waals surface area contributed by atoms with Gasteiger partial charge in [-0.2, -0.15) is 0 Å². The molecule has 0 aliphatic carbocycles. The first-order chi connectivity index (χ1) is 18.3. The normalized spacial score (nSPS) is 17.2. The van der Waals surface area contributed by atoms with E-state index in [-0.39, 0.29) is 30.1 Å². The molecule has 0 saturated carbocycles. The Labute approximate surface area is 235 Å². The van der Waals surface area contributed by atoms with Gasteiger partial charge in [0.05, 0.1) is 6.10 Å². The monoisotopic (exact) mass is 564 g/mol. The summed E-state index contributed by atoms with van der Waals surface area (Å²) in [6, 6.07) is 3.49. The topological polar surface area (TPSA) is 122 Å². The quantitative estimate of drug-likeness (QED) is 0.409. The number of nitrogens with one attached hydrogen (secondary N) is 2. The number of carbonyl (C=O) groups is 2. The summed E-state index contributed by atoms with van der Waals surface area (Å²) in [5, 5.41) is 14.7. The molecule has 3 rings (SSSR count). The van der Waals surface area contributed by atoms with E-state index in [9.17, 15) is 9.59 Å². The van der Waals surface area contributed by atoms with Crippen molar-refractivity contribution in [1.82, 2.24) is 25.3 Å². The Hall–Kier alpha value is -3.05. The maximum atomic E-state index is 12.4. The molecule has 1 aliphatic heterocycles. The smallest absolute Gasteiger partial charge is 0.410 e. The van der Waals surface area contributed by atoms with Crippen molar-refractivity contribution < 1.29 is 23.5 Å². The molecule has 11 nitrogen and oxygen atoms in total. The lowest BCUT2D eigenvalue weighted by molar-refractivity contribution is 0.0348. The molecule has 12 heteroatoms. The van der Waals surface area contributed by atoms with Gasteiger partial charge >= 0.3 is 18.2 Å². The summed E-state index contributed by atoms with van der Waals surface area (Å²) in [7, 11) is 0. The van der Waals surface area contributed by atoms with Crippen molar-refractivity contribution in [1.29, 1.82) is 0 Å². The van der Waals surface area contributed by atoms with E-state index in [1.54, 1.807) is 25.7 Å². The Balaban J connectivity index is 1.67. The number of ether oxygens (including phenoxy) is 2. The summed E-state index contributed by atoms with van der Waals surface area (Å²) in [6.45, 7) is 17.8. The molecule has 0 spiro atoms. The number of alkyl carbamates (subject to hydrolysis) is 1. The van der Waals surface area contributed by atoms with Crippen molar-refractivity contribution >= 4 is 35.5 Å². The molecule has 1 aliphatic rings. The van der Waals surface area contributed by atoms with E-state index in [1.165, 1.54) is 0 Å². The molecule has 2 heterocycles. The average Bonchev–Trinajstić information content (AvgIpc) is 3.27. The zero-order valence-corrected chi connectivity index (χ0v) is 24.9. The van der Waals surface area contributed by atoms with Crippen LogP contribution in [0.1, 0.15) is 77.9 Å². The fourth-order valence-electron chi connectivity index (χ4n) is 4.32. The Kier molecular flexibility index (Phi) is 10.1. The maximum absolute atomic E-state index is 12.4. The van der Waals surface area contributed by atoms with Gasteiger partial charge in [0.15, 0.2) is 0 Å². The van der Waals surface area contributed by atoms with Crippen LogP contribution in [0.4, 0.5) is 21.3 Å². The average molecular weight is 565 g/mol. The maximum Gasteiger partial charge on any atom is 0.410 e. The summed E-state index contributed by atoms with van der Waals surface area (Å²) >= 11 is 6.48. The lowest BCUT2D eigenvalue weighted by Crippen LogP contribution is -2.54. The third-order valence-corrected chi connectivity index (χ3v) is 6.45. The highest BCUT2D eigenvalue weighted by Crippen LogP contribution is 2.29. The summed E-state index contributed by atoms with van der Waals surface area (Å²) < 4.78 is 16.5. The van der Waals surface area contributed by atoms with Gasteiger partial charge in [0, 0.05) is 42.9 Å². The van der Waals surface area contributed by atoms with E-state index in [0.29, 0.717) is 24.5 Å². The lowest BCUT2D eigenvalue weighted by Gasteiger charge is -2.39. The van der Waals surface area contributed by atoms with Crippen LogP contribution in [-0.2, 0) is 16.0 Å². The van der Waals surface area contributed by atoms with Crippen molar-refractivity contribution in [3.05, 3.63) is 34.2 Å². The Morgan fingerprint density at radius 1 is 1.23 bits per heavy atom. The van der Waals surface area contributed by atoms with E-state index < -0.39 is 17.7 Å². The van der Waals surface area contributed by atoms with Gasteiger partial charge in [0.1, 0.15) is 11.6 Å². The van der Waals surface area contributed by atoms with Crippen molar-refractivity contribution in [3.8, 4) is 0 Å². The Morgan fingerprint density at radius 3 is 2.56 bits per heavy atom. The molecule has 0 unspecified atom stereocenters. The van der Waals surface area contributed by atoms with Gasteiger partial charge in [-0.1, -0.05) is 23.6 Å². The molecule has 1 aromatic heterocycles. The van der Waals surface area contributed by atoms with Gasteiger partial charge in [0.25, 0.3) is 0 Å². The van der Waals surface area contributed by atoms with Crippen LogP contribution in [0.15, 0.2) is 16.5 Å². The number of anilines is 2. The number of hydrogen-bond acceptors (Lipinski definition) is 9. The molecular weight excluding hydrogens is 524 g/mol. The van der Waals surface area contributed by atoms with Crippen LogP contribution in [0.5, 0.6) is 0 Å². The van der Waals surface area contributed by atoms with Crippen molar-refractivity contribution in [3.63, 3.8) is 0 Å². The molecule has 2 aromatic rings. The SMILES string of the molecule is CC[C@H](NC(=O)OC(C)(C)C)c1nnc(Nc2cc(Cl)cc(CN3CCN(C(=O)OC(C)C)[C@@H](C)C3)c2C)o1. The molecule has 1 aromatic carbocycles. The standard InChI is InChI=1S/C27H41ClN6O5/c1-9-21(30-25(35)39-27(6,7)8)23-31-32-24(38-23)29-22-13-20(28)12-19(18(22)5)15-33-10-11-34(17(4)14-33)26(36)37-16(2)3/h12-13,16-17,21H,9-11,14-15H2,1-8H3,(H,29,32)(H,30,35)/t17-,21-/m0/s1. The van der Waals surface area contributed by atoms with Crippen LogP contribution in [0.25, 0.3) is 0 Å². The first-order valence-corrected chi connectivity index (χ1v) is 13.7. The molecular formula is C27H41ClN6O5. The molecule has 0 bridgehead atoms. The fourth-order valence-corrected chi connectivity index (χ4v) is 4.56. The largest absolute Gasteiger partial charge is 0.447 e. The Morgan fingerprint density at radius 2 is 1.95 bits per heavy atom. The van der Waals surface area contributed by atoms with Gasteiger partial charge in [-0.05, 0) is 78.1 Å². The van der Waals surface area contributed by atoms with Crippen LogP contribution in [-0.4, -0.2) is 69.6 Å². The molecule has 1 saturated heterocycles. The van der Waals surface area contributed by atoms with Crippen LogP contribution in [0, 0.1) is 6.92 Å². The molecule has 0 radical (unpaired) electrons. The predicted molar refractivity (Wildman–Crippen MR) is 149 cm³/mol. The number of hydrogen-bond donors (Lipinski definition) is 2. The van der Waals surface area contributed by atoms with E-state index in [4.69, 9.17) is 25.5 Å². The fraction of sp³-hybridized carbons (Fsp3) is 0.630. The number of carbonyl (C=O) groups excluding carboxylic acids is 2. The second-order valence-electron chi connectivity index (χ2n) is 11.1. The number of rotatable bonds is 8. The molecule has 216 valence electrons. The van der Waals surface area contributed by atoms with E-state index in [1.807, 2.05) is 46.8 Å². The first-order valence-electron chi connectivity index (χ1n) is 13.3. The number of halogens is 1. The van der Waals surface area contributed by atoms with Crippen LogP contribution in [0.3, 0.4) is 0 Å². The van der Waals surface area contributed by atoms with E-state index >= 15 is 0 Å². The molecule has 2 amide bonds. The zero-order chi connectivity index (χ0) is 28.9. The van der Waals surface area contributed by atoms with E-state index in [2.05, 4.69) is 25.7 Å². The second kappa shape index (κ2) is 12.9. The number of aromatic nitrogens is 2. The lowest BCUT2D eigenvalue weighted by atomic mass is 10.0. The molecule has 1 fully saturated rings. The third-order valence-electron chi connectivity index (χ3n) is 6.24.